The zero-order chi connectivity index (χ0) is 18.5. The van der Waals surface area contributed by atoms with Crippen LogP contribution in [0, 0.1) is 0 Å². The highest BCUT2D eigenvalue weighted by Crippen LogP contribution is 2.35. The number of hydrogen-bond donors (Lipinski definition) is 2. The molecular weight excluding hydrogens is 358 g/mol. The van der Waals surface area contributed by atoms with Gasteiger partial charge < -0.3 is 10.6 Å². The Kier molecular flexibility index (Phi) is 3.62. The third-order valence-electron chi connectivity index (χ3n) is 5.04. The van der Waals surface area contributed by atoms with Gasteiger partial charge in [0.1, 0.15) is 0 Å². The van der Waals surface area contributed by atoms with Gasteiger partial charge in [0.05, 0.1) is 21.2 Å². The molecule has 6 heteroatoms. The normalized spacial score (nSPS) is 17.9. The van der Waals surface area contributed by atoms with Gasteiger partial charge in [-0.3, -0.25) is 9.78 Å². The standard InChI is InChI=1S/C21H17N3O2S/c1-12-8-14-9-19-17(11-20(14)27(12)26)18(5-7-22-19)24-15-3-2-13-4-6-23-21(25)16(13)10-15/h2-3,5,7-11H,4,6H2,1H3,(H,22,24)(H,23,25). The molecule has 0 bridgehead atoms. The fourth-order valence-electron chi connectivity index (χ4n) is 3.66. The predicted octanol–water partition coefficient (Wildman–Crippen LogP) is 3.75. The Morgan fingerprint density at radius 1 is 1.19 bits per heavy atom. The van der Waals surface area contributed by atoms with Crippen LogP contribution < -0.4 is 10.6 Å². The molecule has 2 aliphatic heterocycles. The van der Waals surface area contributed by atoms with E-state index in [1.165, 1.54) is 0 Å². The molecule has 3 heterocycles. The number of pyridine rings is 1. The lowest BCUT2D eigenvalue weighted by molar-refractivity contribution is 0.0946. The minimum Gasteiger partial charge on any atom is -0.355 e. The van der Waals surface area contributed by atoms with Crippen LogP contribution in [0.3, 0.4) is 0 Å². The number of nitrogens with one attached hydrogen (secondary N) is 2. The molecular formula is C21H17N3O2S. The van der Waals surface area contributed by atoms with Crippen LogP contribution in [-0.4, -0.2) is 21.6 Å². The SMILES string of the molecule is CC1=Cc2cc3nccc(Nc4ccc5c(c4)C(=O)NCC5)c3cc2S1=O. The fourth-order valence-corrected chi connectivity index (χ4v) is 4.80. The molecule has 0 saturated heterocycles. The molecule has 5 rings (SSSR count). The molecule has 2 aliphatic rings. The van der Waals surface area contributed by atoms with Crippen LogP contribution in [0.15, 0.2) is 52.4 Å². The summed E-state index contributed by atoms with van der Waals surface area (Å²) in [4.78, 5) is 18.2. The summed E-state index contributed by atoms with van der Waals surface area (Å²) in [6.07, 6.45) is 4.56. The van der Waals surface area contributed by atoms with Crippen LogP contribution >= 0.6 is 0 Å². The molecule has 1 amide bonds. The molecule has 1 unspecified atom stereocenters. The van der Waals surface area contributed by atoms with Crippen LogP contribution in [0.5, 0.6) is 0 Å². The Labute approximate surface area is 159 Å². The molecule has 0 spiro atoms. The molecule has 134 valence electrons. The molecule has 0 aliphatic carbocycles. The first-order chi connectivity index (χ1) is 13.1. The highest BCUT2D eigenvalue weighted by atomic mass is 32.2. The molecule has 0 saturated carbocycles. The molecule has 3 aromatic rings. The van der Waals surface area contributed by atoms with E-state index in [-0.39, 0.29) is 5.91 Å². The minimum absolute atomic E-state index is 0.0331. The van der Waals surface area contributed by atoms with Gasteiger partial charge in [0, 0.05) is 40.0 Å². The summed E-state index contributed by atoms with van der Waals surface area (Å²) in [6.45, 7) is 2.56. The average Bonchev–Trinajstić information content (AvgIpc) is 2.94. The lowest BCUT2D eigenvalue weighted by atomic mass is 9.99. The number of amides is 1. The van der Waals surface area contributed by atoms with Gasteiger partial charge in [-0.15, -0.1) is 0 Å². The molecule has 2 N–H and O–H groups in total. The van der Waals surface area contributed by atoms with Crippen LogP contribution in [0.1, 0.15) is 28.4 Å². The van der Waals surface area contributed by atoms with E-state index in [1.54, 1.807) is 6.20 Å². The van der Waals surface area contributed by atoms with E-state index >= 15 is 0 Å². The minimum atomic E-state index is -1.11. The van der Waals surface area contributed by atoms with Crippen molar-refractivity contribution in [3.63, 3.8) is 0 Å². The van der Waals surface area contributed by atoms with Crippen molar-refractivity contribution in [1.29, 1.82) is 0 Å². The van der Waals surface area contributed by atoms with Gasteiger partial charge in [0.2, 0.25) is 0 Å². The Bertz CT molecular complexity index is 1180. The molecule has 5 nitrogen and oxygen atoms in total. The second-order valence-corrected chi connectivity index (χ2v) is 8.41. The zero-order valence-corrected chi connectivity index (χ0v) is 15.5. The highest BCUT2D eigenvalue weighted by Gasteiger charge is 2.20. The summed E-state index contributed by atoms with van der Waals surface area (Å²) in [7, 11) is -1.11. The second kappa shape index (κ2) is 6.03. The second-order valence-electron chi connectivity index (χ2n) is 6.79. The van der Waals surface area contributed by atoms with Crippen molar-refractivity contribution < 1.29 is 9.00 Å². The maximum atomic E-state index is 12.5. The third-order valence-corrected chi connectivity index (χ3v) is 6.49. The molecule has 2 aromatic carbocycles. The topological polar surface area (TPSA) is 71.1 Å². The van der Waals surface area contributed by atoms with Gasteiger partial charge >= 0.3 is 0 Å². The number of fused-ring (bicyclic) bond motifs is 3. The summed E-state index contributed by atoms with van der Waals surface area (Å²) in [5.41, 5.74) is 5.31. The van der Waals surface area contributed by atoms with Crippen molar-refractivity contribution in [3.8, 4) is 0 Å². The monoisotopic (exact) mass is 375 g/mol. The van der Waals surface area contributed by atoms with Crippen LogP contribution in [0.4, 0.5) is 11.4 Å². The largest absolute Gasteiger partial charge is 0.355 e. The van der Waals surface area contributed by atoms with Crippen LogP contribution in [0.2, 0.25) is 0 Å². The number of hydrogen-bond acceptors (Lipinski definition) is 4. The summed E-state index contributed by atoms with van der Waals surface area (Å²) in [5, 5.41) is 7.19. The Hall–Kier alpha value is -2.99. The van der Waals surface area contributed by atoms with Gasteiger partial charge in [-0.05, 0) is 60.9 Å². The van der Waals surface area contributed by atoms with E-state index in [1.807, 2.05) is 49.4 Å². The molecule has 0 fully saturated rings. The number of carbonyl (C=O) groups excluding carboxylic acids is 1. The van der Waals surface area contributed by atoms with Gasteiger partial charge in [0.25, 0.3) is 5.91 Å². The number of rotatable bonds is 2. The predicted molar refractivity (Wildman–Crippen MR) is 108 cm³/mol. The zero-order valence-electron chi connectivity index (χ0n) is 14.7. The third kappa shape index (κ3) is 2.64. The van der Waals surface area contributed by atoms with Gasteiger partial charge in [0.15, 0.2) is 0 Å². The van der Waals surface area contributed by atoms with E-state index in [0.29, 0.717) is 12.1 Å². The van der Waals surface area contributed by atoms with E-state index in [2.05, 4.69) is 15.6 Å². The number of aromatic nitrogens is 1. The first-order valence-electron chi connectivity index (χ1n) is 8.81. The fraction of sp³-hybridized carbons (Fsp3) is 0.143. The van der Waals surface area contributed by atoms with E-state index in [0.717, 1.165) is 49.6 Å². The first kappa shape index (κ1) is 16.2. The lowest BCUT2D eigenvalue weighted by Crippen LogP contribution is -2.31. The summed E-state index contributed by atoms with van der Waals surface area (Å²) in [5.74, 6) is -0.0331. The molecule has 0 radical (unpaired) electrons. The smallest absolute Gasteiger partial charge is 0.251 e. The first-order valence-corrected chi connectivity index (χ1v) is 9.96. The van der Waals surface area contributed by atoms with Crippen molar-refractivity contribution in [1.82, 2.24) is 10.3 Å². The number of nitrogens with zero attached hydrogens (tertiary/aromatic N) is 1. The lowest BCUT2D eigenvalue weighted by Gasteiger charge is -2.18. The highest BCUT2D eigenvalue weighted by molar-refractivity contribution is 7.89. The van der Waals surface area contributed by atoms with Gasteiger partial charge in [-0.2, -0.15) is 0 Å². The molecule has 1 aromatic heterocycles. The quantitative estimate of drug-likeness (QED) is 0.716. The average molecular weight is 375 g/mol. The molecule has 1 atom stereocenters. The van der Waals surface area contributed by atoms with Crippen molar-refractivity contribution in [3.05, 3.63) is 64.2 Å². The number of anilines is 2. The van der Waals surface area contributed by atoms with E-state index < -0.39 is 10.8 Å². The summed E-state index contributed by atoms with van der Waals surface area (Å²) < 4.78 is 12.5. The Morgan fingerprint density at radius 3 is 2.96 bits per heavy atom. The maximum absolute atomic E-state index is 12.5. The number of carbonyl (C=O) groups is 1. The maximum Gasteiger partial charge on any atom is 0.251 e. The van der Waals surface area contributed by atoms with Crippen LogP contribution in [-0.2, 0) is 17.2 Å². The van der Waals surface area contributed by atoms with E-state index in [9.17, 15) is 9.00 Å². The van der Waals surface area contributed by atoms with Gasteiger partial charge in [-0.25, -0.2) is 4.21 Å². The van der Waals surface area contributed by atoms with Gasteiger partial charge in [-0.1, -0.05) is 6.07 Å². The van der Waals surface area contributed by atoms with Crippen molar-refractivity contribution in [2.45, 2.75) is 18.2 Å². The van der Waals surface area contributed by atoms with E-state index in [4.69, 9.17) is 0 Å². The Balaban J connectivity index is 1.58. The van der Waals surface area contributed by atoms with Crippen molar-refractivity contribution >= 4 is 45.1 Å². The van der Waals surface area contributed by atoms with Crippen molar-refractivity contribution in [2.24, 2.45) is 0 Å². The van der Waals surface area contributed by atoms with Crippen LogP contribution in [0.25, 0.3) is 17.0 Å². The Morgan fingerprint density at radius 2 is 2.07 bits per heavy atom. The number of benzene rings is 2. The summed E-state index contributed by atoms with van der Waals surface area (Å²) >= 11 is 0. The number of allylic oxidation sites excluding steroid dienone is 1. The summed E-state index contributed by atoms with van der Waals surface area (Å²) in [6, 6.07) is 11.7. The van der Waals surface area contributed by atoms with Crippen molar-refractivity contribution in [2.75, 3.05) is 11.9 Å². The molecule has 27 heavy (non-hydrogen) atoms.